The Morgan fingerprint density at radius 3 is 2.62 bits per heavy atom. The lowest BCUT2D eigenvalue weighted by Gasteiger charge is -2.24. The van der Waals surface area contributed by atoms with Gasteiger partial charge < -0.3 is 5.32 Å². The van der Waals surface area contributed by atoms with Crippen molar-refractivity contribution in [2.45, 2.75) is 51.5 Å². The molecule has 1 aliphatic carbocycles. The molecule has 1 fully saturated rings. The van der Waals surface area contributed by atoms with Gasteiger partial charge in [0.15, 0.2) is 0 Å². The van der Waals surface area contributed by atoms with Crippen molar-refractivity contribution in [1.82, 2.24) is 5.32 Å². The van der Waals surface area contributed by atoms with Gasteiger partial charge in [-0.2, -0.15) is 0 Å². The van der Waals surface area contributed by atoms with Crippen LogP contribution in [0.4, 0.5) is 0 Å². The van der Waals surface area contributed by atoms with E-state index in [0.717, 1.165) is 0 Å². The van der Waals surface area contributed by atoms with Gasteiger partial charge in [0.25, 0.3) is 0 Å². The second kappa shape index (κ2) is 4.21. The molecular weight excluding hydrogens is 194 g/mol. The first-order valence-corrected chi connectivity index (χ1v) is 6.71. The van der Waals surface area contributed by atoms with Crippen molar-refractivity contribution in [2.24, 2.45) is 0 Å². The van der Waals surface area contributed by atoms with Crippen LogP contribution in [0.1, 0.15) is 54.0 Å². The van der Waals surface area contributed by atoms with E-state index in [2.05, 4.69) is 24.4 Å². The molecule has 1 aliphatic heterocycles. The third kappa shape index (κ3) is 1.67. The van der Waals surface area contributed by atoms with Crippen LogP contribution in [0, 0.1) is 6.92 Å². The summed E-state index contributed by atoms with van der Waals surface area (Å²) < 4.78 is 0. The van der Waals surface area contributed by atoms with Gasteiger partial charge in [-0.25, -0.2) is 0 Å². The first-order chi connectivity index (χ1) is 7.86. The van der Waals surface area contributed by atoms with Crippen molar-refractivity contribution in [1.29, 1.82) is 0 Å². The Kier molecular flexibility index (Phi) is 2.72. The van der Waals surface area contributed by atoms with Crippen LogP contribution in [-0.4, -0.2) is 6.54 Å². The number of nitrogens with one attached hydrogen (secondary N) is 1. The summed E-state index contributed by atoms with van der Waals surface area (Å²) >= 11 is 0. The number of fused-ring (bicyclic) bond motifs is 1. The average molecular weight is 215 g/mol. The van der Waals surface area contributed by atoms with Crippen LogP contribution in [0.2, 0.25) is 0 Å². The third-order valence-electron chi connectivity index (χ3n) is 4.24. The summed E-state index contributed by atoms with van der Waals surface area (Å²) in [6, 6.07) is 5.36. The van der Waals surface area contributed by atoms with Crippen molar-refractivity contribution < 1.29 is 0 Å². The normalized spacial score (nSPS) is 24.4. The monoisotopic (exact) mass is 215 g/mol. The lowest BCUT2D eigenvalue weighted by Crippen LogP contribution is -2.17. The zero-order valence-electron chi connectivity index (χ0n) is 10.2. The molecule has 1 N–H and O–H groups in total. The highest BCUT2D eigenvalue weighted by molar-refractivity contribution is 5.43. The second-order valence-corrected chi connectivity index (χ2v) is 5.28. The largest absolute Gasteiger partial charge is 0.310 e. The summed E-state index contributed by atoms with van der Waals surface area (Å²) in [5, 5.41) is 3.64. The van der Waals surface area contributed by atoms with E-state index in [4.69, 9.17) is 0 Å². The summed E-state index contributed by atoms with van der Waals surface area (Å²) in [5.41, 5.74) is 6.47. The molecule has 1 aromatic carbocycles. The fourth-order valence-electron chi connectivity index (χ4n) is 3.35. The van der Waals surface area contributed by atoms with Crippen molar-refractivity contribution in [3.05, 3.63) is 34.4 Å². The van der Waals surface area contributed by atoms with E-state index < -0.39 is 0 Å². The molecule has 0 unspecified atom stereocenters. The number of hydrogen-bond acceptors (Lipinski definition) is 1. The topological polar surface area (TPSA) is 12.0 Å². The molecule has 2 aliphatic rings. The molecule has 16 heavy (non-hydrogen) atoms. The van der Waals surface area contributed by atoms with Gasteiger partial charge in [-0.05, 0) is 74.2 Å². The Hall–Kier alpha value is -0.820. The Labute approximate surface area is 98.3 Å². The van der Waals surface area contributed by atoms with Gasteiger partial charge in [0.2, 0.25) is 0 Å². The SMILES string of the molecule is Cc1ccc([C@@H]2CCCN2)c2c1CCCC2. The standard InChI is InChI=1S/C15H21N/c1-11-8-9-14(15-7-4-10-16-15)13-6-3-2-5-12(11)13/h8-9,15-16H,2-7,10H2,1H3/t15-/m0/s1. The maximum Gasteiger partial charge on any atom is 0.0323 e. The summed E-state index contributed by atoms with van der Waals surface area (Å²) in [7, 11) is 0. The number of hydrogen-bond donors (Lipinski definition) is 1. The van der Waals surface area contributed by atoms with Crippen LogP contribution in [0.15, 0.2) is 12.1 Å². The first kappa shape index (κ1) is 10.3. The zero-order valence-corrected chi connectivity index (χ0v) is 10.2. The van der Waals surface area contributed by atoms with E-state index in [1.54, 1.807) is 16.7 Å². The molecule has 0 amide bonds. The maximum absolute atomic E-state index is 3.64. The van der Waals surface area contributed by atoms with Gasteiger partial charge in [0.1, 0.15) is 0 Å². The van der Waals surface area contributed by atoms with Crippen molar-refractivity contribution in [3.8, 4) is 0 Å². The minimum atomic E-state index is 0.646. The molecular formula is C15H21N. The quantitative estimate of drug-likeness (QED) is 0.758. The lowest BCUT2D eigenvalue weighted by atomic mass is 9.83. The Balaban J connectivity index is 2.04. The summed E-state index contributed by atoms with van der Waals surface area (Å²) in [4.78, 5) is 0. The fraction of sp³-hybridized carbons (Fsp3) is 0.600. The van der Waals surface area contributed by atoms with Gasteiger partial charge in [0, 0.05) is 6.04 Å². The van der Waals surface area contributed by atoms with Crippen LogP contribution in [-0.2, 0) is 12.8 Å². The fourth-order valence-corrected chi connectivity index (χ4v) is 3.35. The van der Waals surface area contributed by atoms with E-state index in [1.807, 2.05) is 0 Å². The predicted octanol–water partition coefficient (Wildman–Crippen LogP) is 3.30. The molecule has 0 saturated carbocycles. The molecule has 3 rings (SSSR count). The van der Waals surface area contributed by atoms with Crippen molar-refractivity contribution >= 4 is 0 Å². The van der Waals surface area contributed by atoms with Gasteiger partial charge in [-0.3, -0.25) is 0 Å². The lowest BCUT2D eigenvalue weighted by molar-refractivity contribution is 0.614. The van der Waals surface area contributed by atoms with E-state index in [9.17, 15) is 0 Å². The van der Waals surface area contributed by atoms with Crippen LogP contribution in [0.25, 0.3) is 0 Å². The van der Waals surface area contributed by atoms with Crippen molar-refractivity contribution in [3.63, 3.8) is 0 Å². The molecule has 1 atom stereocenters. The van der Waals surface area contributed by atoms with Crippen molar-refractivity contribution in [2.75, 3.05) is 6.54 Å². The van der Waals surface area contributed by atoms with Gasteiger partial charge in [-0.15, -0.1) is 0 Å². The molecule has 1 nitrogen and oxygen atoms in total. The molecule has 1 heterocycles. The molecule has 86 valence electrons. The molecule has 0 aromatic heterocycles. The van der Waals surface area contributed by atoms with E-state index >= 15 is 0 Å². The highest BCUT2D eigenvalue weighted by Crippen LogP contribution is 2.33. The first-order valence-electron chi connectivity index (χ1n) is 6.71. The van der Waals surface area contributed by atoms with E-state index in [0.29, 0.717) is 6.04 Å². The highest BCUT2D eigenvalue weighted by Gasteiger charge is 2.22. The number of benzene rings is 1. The van der Waals surface area contributed by atoms with Gasteiger partial charge in [0.05, 0.1) is 0 Å². The summed E-state index contributed by atoms with van der Waals surface area (Å²) in [6.45, 7) is 3.48. The van der Waals surface area contributed by atoms with Crippen LogP contribution >= 0.6 is 0 Å². The Morgan fingerprint density at radius 1 is 1.06 bits per heavy atom. The minimum absolute atomic E-state index is 0.646. The average Bonchev–Trinajstić information content (AvgIpc) is 2.83. The summed E-state index contributed by atoms with van der Waals surface area (Å²) in [5.74, 6) is 0. The zero-order chi connectivity index (χ0) is 11.0. The molecule has 1 heteroatoms. The second-order valence-electron chi connectivity index (χ2n) is 5.28. The van der Waals surface area contributed by atoms with Gasteiger partial charge >= 0.3 is 0 Å². The van der Waals surface area contributed by atoms with E-state index in [-0.39, 0.29) is 0 Å². The smallest absolute Gasteiger partial charge is 0.0323 e. The highest BCUT2D eigenvalue weighted by atomic mass is 14.9. The minimum Gasteiger partial charge on any atom is -0.310 e. The van der Waals surface area contributed by atoms with E-state index in [1.165, 1.54) is 50.6 Å². The number of rotatable bonds is 1. The van der Waals surface area contributed by atoms with Crippen LogP contribution in [0.5, 0.6) is 0 Å². The predicted molar refractivity (Wildman–Crippen MR) is 67.8 cm³/mol. The molecule has 0 bridgehead atoms. The number of aryl methyl sites for hydroxylation is 1. The molecule has 0 spiro atoms. The van der Waals surface area contributed by atoms with Crippen LogP contribution < -0.4 is 5.32 Å². The Bertz CT molecular complexity index is 389. The molecule has 1 aromatic rings. The maximum atomic E-state index is 3.64. The molecule has 0 radical (unpaired) electrons. The summed E-state index contributed by atoms with van der Waals surface area (Å²) in [6.07, 6.45) is 8.06. The Morgan fingerprint density at radius 2 is 1.88 bits per heavy atom. The van der Waals surface area contributed by atoms with Gasteiger partial charge in [-0.1, -0.05) is 12.1 Å². The third-order valence-corrected chi connectivity index (χ3v) is 4.24. The van der Waals surface area contributed by atoms with Crippen LogP contribution in [0.3, 0.4) is 0 Å². The molecule has 1 saturated heterocycles.